The second-order valence-electron chi connectivity index (χ2n) is 6.08. The van der Waals surface area contributed by atoms with Crippen LogP contribution in [0.3, 0.4) is 0 Å². The van der Waals surface area contributed by atoms with Crippen molar-refractivity contribution in [2.45, 2.75) is 19.9 Å². The van der Waals surface area contributed by atoms with Crippen LogP contribution in [0, 0.1) is 13.8 Å². The van der Waals surface area contributed by atoms with Crippen LogP contribution in [0.15, 0.2) is 42.5 Å². The Morgan fingerprint density at radius 2 is 1.55 bits per heavy atom. The van der Waals surface area contributed by atoms with Crippen LogP contribution in [-0.4, -0.2) is 31.1 Å². The summed E-state index contributed by atoms with van der Waals surface area (Å²) < 4.78 is 0. The van der Waals surface area contributed by atoms with E-state index in [4.69, 9.17) is 11.6 Å². The number of piperazine rings is 1. The molecule has 116 valence electrons. The molecule has 3 rings (SSSR count). The molecule has 1 heterocycles. The molecule has 1 aliphatic rings. The molecule has 3 heteroatoms. The first-order valence-electron chi connectivity index (χ1n) is 7.92. The van der Waals surface area contributed by atoms with Crippen LogP contribution >= 0.6 is 11.6 Å². The molecule has 0 radical (unpaired) electrons. The van der Waals surface area contributed by atoms with Gasteiger partial charge in [0, 0.05) is 31.2 Å². The Labute approximate surface area is 138 Å². The van der Waals surface area contributed by atoms with Crippen LogP contribution in [0.4, 0.5) is 0 Å². The third-order valence-electron chi connectivity index (χ3n) is 4.55. The lowest BCUT2D eigenvalue weighted by molar-refractivity contribution is 0.198. The molecular weight excluding hydrogens is 292 g/mol. The molecule has 2 aromatic rings. The summed E-state index contributed by atoms with van der Waals surface area (Å²) in [7, 11) is 0. The second kappa shape index (κ2) is 6.82. The average molecular weight is 315 g/mol. The Bertz CT molecular complexity index is 630. The zero-order valence-electron chi connectivity index (χ0n) is 13.3. The first-order chi connectivity index (χ1) is 10.6. The van der Waals surface area contributed by atoms with E-state index in [1.807, 2.05) is 12.1 Å². The molecule has 0 aliphatic carbocycles. The number of hydrogen-bond donors (Lipinski definition) is 1. The van der Waals surface area contributed by atoms with Crippen molar-refractivity contribution in [2.24, 2.45) is 0 Å². The summed E-state index contributed by atoms with van der Waals surface area (Å²) in [6.45, 7) is 8.60. The zero-order chi connectivity index (χ0) is 15.5. The predicted octanol–water partition coefficient (Wildman–Crippen LogP) is 3.95. The summed E-state index contributed by atoms with van der Waals surface area (Å²) in [4.78, 5) is 2.56. The number of aryl methyl sites for hydroxylation is 2. The van der Waals surface area contributed by atoms with Gasteiger partial charge in [-0.3, -0.25) is 4.90 Å². The van der Waals surface area contributed by atoms with Crippen molar-refractivity contribution in [1.29, 1.82) is 0 Å². The number of nitrogens with one attached hydrogen (secondary N) is 1. The smallest absolute Gasteiger partial charge is 0.0602 e. The molecule has 2 aromatic carbocycles. The summed E-state index contributed by atoms with van der Waals surface area (Å²) >= 11 is 6.07. The summed E-state index contributed by atoms with van der Waals surface area (Å²) in [5.41, 5.74) is 5.38. The Morgan fingerprint density at radius 3 is 2.18 bits per heavy atom. The summed E-state index contributed by atoms with van der Waals surface area (Å²) in [6.07, 6.45) is 0. The highest BCUT2D eigenvalue weighted by molar-refractivity contribution is 6.30. The van der Waals surface area contributed by atoms with Crippen molar-refractivity contribution in [1.82, 2.24) is 10.2 Å². The Morgan fingerprint density at radius 1 is 0.909 bits per heavy atom. The van der Waals surface area contributed by atoms with E-state index < -0.39 is 0 Å². The first kappa shape index (κ1) is 15.5. The highest BCUT2D eigenvalue weighted by Gasteiger charge is 2.24. The van der Waals surface area contributed by atoms with E-state index in [1.54, 1.807) is 0 Å². The van der Waals surface area contributed by atoms with Gasteiger partial charge in [-0.05, 0) is 48.2 Å². The topological polar surface area (TPSA) is 15.3 Å². The largest absolute Gasteiger partial charge is 0.314 e. The van der Waals surface area contributed by atoms with Gasteiger partial charge in [0.25, 0.3) is 0 Å². The van der Waals surface area contributed by atoms with Crippen LogP contribution in [0.5, 0.6) is 0 Å². The second-order valence-corrected chi connectivity index (χ2v) is 6.52. The van der Waals surface area contributed by atoms with Crippen LogP contribution < -0.4 is 5.32 Å². The van der Waals surface area contributed by atoms with Gasteiger partial charge in [0.1, 0.15) is 0 Å². The van der Waals surface area contributed by atoms with Crippen LogP contribution in [-0.2, 0) is 0 Å². The lowest BCUT2D eigenvalue weighted by Gasteiger charge is -2.36. The Hall–Kier alpha value is -1.35. The average Bonchev–Trinajstić information content (AvgIpc) is 2.54. The number of nitrogens with zero attached hydrogens (tertiary/aromatic N) is 1. The Balaban J connectivity index is 2.01. The molecule has 0 spiro atoms. The maximum Gasteiger partial charge on any atom is 0.0602 e. The van der Waals surface area contributed by atoms with Crippen LogP contribution in [0.1, 0.15) is 28.3 Å². The standard InChI is InChI=1S/C19H23ClN2/c1-14-3-4-17(13-15(14)2)19(22-11-9-21-10-12-22)16-5-7-18(20)8-6-16/h3-8,13,19,21H,9-12H2,1-2H3. The normalized spacial score (nSPS) is 17.4. The summed E-state index contributed by atoms with van der Waals surface area (Å²) in [5.74, 6) is 0. The van der Waals surface area contributed by atoms with E-state index in [-0.39, 0.29) is 0 Å². The third kappa shape index (κ3) is 3.35. The van der Waals surface area contributed by atoms with Gasteiger partial charge in [-0.2, -0.15) is 0 Å². The van der Waals surface area contributed by atoms with Crippen LogP contribution in [0.25, 0.3) is 0 Å². The zero-order valence-corrected chi connectivity index (χ0v) is 14.0. The van der Waals surface area contributed by atoms with E-state index in [1.165, 1.54) is 22.3 Å². The van der Waals surface area contributed by atoms with Gasteiger partial charge in [-0.25, -0.2) is 0 Å². The van der Waals surface area contributed by atoms with Crippen molar-refractivity contribution in [3.05, 3.63) is 69.7 Å². The molecule has 0 amide bonds. The number of halogens is 1. The Kier molecular flexibility index (Phi) is 4.82. The minimum Gasteiger partial charge on any atom is -0.314 e. The third-order valence-corrected chi connectivity index (χ3v) is 4.80. The van der Waals surface area contributed by atoms with Gasteiger partial charge in [0.05, 0.1) is 6.04 Å². The molecule has 1 unspecified atom stereocenters. The van der Waals surface area contributed by atoms with Crippen LogP contribution in [0.2, 0.25) is 5.02 Å². The molecule has 0 aromatic heterocycles. The fourth-order valence-electron chi connectivity index (χ4n) is 3.13. The quantitative estimate of drug-likeness (QED) is 0.922. The monoisotopic (exact) mass is 314 g/mol. The fourth-order valence-corrected chi connectivity index (χ4v) is 3.26. The summed E-state index contributed by atoms with van der Waals surface area (Å²) in [6, 6.07) is 15.4. The molecule has 0 saturated carbocycles. The molecular formula is C19H23ClN2. The SMILES string of the molecule is Cc1ccc(C(c2ccc(Cl)cc2)N2CCNCC2)cc1C. The van der Waals surface area contributed by atoms with Gasteiger partial charge in [0.2, 0.25) is 0 Å². The highest BCUT2D eigenvalue weighted by atomic mass is 35.5. The van der Waals surface area contributed by atoms with E-state index in [2.05, 4.69) is 54.4 Å². The fraction of sp³-hybridized carbons (Fsp3) is 0.368. The lowest BCUT2D eigenvalue weighted by Crippen LogP contribution is -2.45. The van der Waals surface area contributed by atoms with E-state index >= 15 is 0 Å². The maximum atomic E-state index is 6.07. The lowest BCUT2D eigenvalue weighted by atomic mass is 9.94. The number of benzene rings is 2. The molecule has 1 atom stereocenters. The number of hydrogen-bond acceptors (Lipinski definition) is 2. The minimum atomic E-state index is 0.304. The van der Waals surface area contributed by atoms with Gasteiger partial charge >= 0.3 is 0 Å². The molecule has 1 fully saturated rings. The molecule has 2 nitrogen and oxygen atoms in total. The molecule has 1 saturated heterocycles. The van der Waals surface area contributed by atoms with Crippen molar-refractivity contribution < 1.29 is 0 Å². The molecule has 1 N–H and O–H groups in total. The summed E-state index contributed by atoms with van der Waals surface area (Å²) in [5, 5.41) is 4.23. The molecule has 0 bridgehead atoms. The van der Waals surface area contributed by atoms with Gasteiger partial charge in [-0.1, -0.05) is 41.9 Å². The van der Waals surface area contributed by atoms with Gasteiger partial charge in [-0.15, -0.1) is 0 Å². The predicted molar refractivity (Wildman–Crippen MR) is 93.7 cm³/mol. The molecule has 1 aliphatic heterocycles. The molecule has 22 heavy (non-hydrogen) atoms. The first-order valence-corrected chi connectivity index (χ1v) is 8.30. The van der Waals surface area contributed by atoms with Crippen molar-refractivity contribution in [3.63, 3.8) is 0 Å². The highest BCUT2D eigenvalue weighted by Crippen LogP contribution is 2.30. The van der Waals surface area contributed by atoms with Crippen molar-refractivity contribution in [2.75, 3.05) is 26.2 Å². The van der Waals surface area contributed by atoms with Gasteiger partial charge in [0.15, 0.2) is 0 Å². The van der Waals surface area contributed by atoms with Crippen molar-refractivity contribution in [3.8, 4) is 0 Å². The van der Waals surface area contributed by atoms with E-state index in [0.717, 1.165) is 31.2 Å². The van der Waals surface area contributed by atoms with Gasteiger partial charge < -0.3 is 5.32 Å². The maximum absolute atomic E-state index is 6.07. The minimum absolute atomic E-state index is 0.304. The van der Waals surface area contributed by atoms with Crippen molar-refractivity contribution >= 4 is 11.6 Å². The number of rotatable bonds is 3. The van der Waals surface area contributed by atoms with E-state index in [9.17, 15) is 0 Å². The van der Waals surface area contributed by atoms with E-state index in [0.29, 0.717) is 6.04 Å².